The fraction of sp³-hybridized carbons (Fsp3) is 0.371. The first-order valence-corrected chi connectivity index (χ1v) is 16.4. The molecule has 0 bridgehead atoms. The summed E-state index contributed by atoms with van der Waals surface area (Å²) in [5, 5.41) is 42.6. The number of aromatic nitrogens is 1. The molecule has 256 valence electrons. The first-order valence-electron chi connectivity index (χ1n) is 16.4. The fourth-order valence-corrected chi connectivity index (χ4v) is 6.59. The highest BCUT2D eigenvalue weighted by atomic mass is 16.8. The average molecular weight is 670 g/mol. The summed E-state index contributed by atoms with van der Waals surface area (Å²) in [4.78, 5) is 27.2. The number of benzene rings is 3. The molecule has 3 aliphatic heterocycles. The number of hydrogen-bond donors (Lipinski definition) is 5. The van der Waals surface area contributed by atoms with E-state index in [2.05, 4.69) is 21.8 Å². The van der Waals surface area contributed by atoms with Crippen LogP contribution in [-0.2, 0) is 18.8 Å². The maximum atomic E-state index is 13.0. The van der Waals surface area contributed by atoms with Crippen molar-refractivity contribution in [3.63, 3.8) is 0 Å². The third-order valence-electron chi connectivity index (χ3n) is 9.60. The van der Waals surface area contributed by atoms with Gasteiger partial charge in [-0.2, -0.15) is 0 Å². The van der Waals surface area contributed by atoms with Gasteiger partial charge in [0, 0.05) is 55.4 Å². The van der Waals surface area contributed by atoms with E-state index in [0.29, 0.717) is 39.9 Å². The number of likely N-dealkylation sites (N-methyl/N-ethyl adjacent to an activating group) is 2. The second-order valence-corrected chi connectivity index (χ2v) is 12.9. The molecule has 4 heterocycles. The van der Waals surface area contributed by atoms with Gasteiger partial charge in [-0.15, -0.1) is 0 Å². The molecule has 1 aromatic heterocycles. The molecule has 0 unspecified atom stereocenters. The van der Waals surface area contributed by atoms with Crippen molar-refractivity contribution < 1.29 is 39.3 Å². The fourth-order valence-electron chi connectivity index (χ4n) is 6.59. The molecule has 13 nitrogen and oxygen atoms in total. The molecule has 5 N–H and O–H groups in total. The van der Waals surface area contributed by atoms with E-state index < -0.39 is 37.8 Å². The van der Waals surface area contributed by atoms with Crippen LogP contribution in [0, 0.1) is 0 Å². The summed E-state index contributed by atoms with van der Waals surface area (Å²) in [5.74, 6) is -1.68. The van der Waals surface area contributed by atoms with Crippen LogP contribution in [0.1, 0.15) is 11.1 Å². The van der Waals surface area contributed by atoms with Crippen LogP contribution in [0.3, 0.4) is 0 Å². The van der Waals surface area contributed by atoms with E-state index in [4.69, 9.17) is 19.0 Å². The van der Waals surface area contributed by atoms with E-state index >= 15 is 0 Å². The number of anilines is 1. The topological polar surface area (TPSA) is 164 Å². The van der Waals surface area contributed by atoms with Gasteiger partial charge in [0.15, 0.2) is 5.88 Å². The van der Waals surface area contributed by atoms with Crippen molar-refractivity contribution in [2.45, 2.75) is 24.1 Å². The van der Waals surface area contributed by atoms with E-state index in [1.54, 1.807) is 24.1 Å². The maximum Gasteiger partial charge on any atom is 0.496 e. The molecule has 4 atom stereocenters. The molecular formula is C35H40BN5O8. The molecular weight excluding hydrogens is 629 g/mol. The van der Waals surface area contributed by atoms with E-state index in [1.165, 1.54) is 0 Å². The Bertz CT molecular complexity index is 1830. The van der Waals surface area contributed by atoms with Crippen LogP contribution in [0.5, 0.6) is 5.88 Å². The number of fused-ring (bicyclic) bond motifs is 2. The summed E-state index contributed by atoms with van der Waals surface area (Å²) < 4.78 is 17.5. The van der Waals surface area contributed by atoms with Crippen molar-refractivity contribution in [3.8, 4) is 5.88 Å². The number of hydrogen-bond acceptors (Lipinski definition) is 11. The van der Waals surface area contributed by atoms with Gasteiger partial charge in [-0.05, 0) is 42.8 Å². The van der Waals surface area contributed by atoms with E-state index in [-0.39, 0.29) is 18.4 Å². The van der Waals surface area contributed by atoms with Gasteiger partial charge in [0.2, 0.25) is 11.7 Å². The molecule has 0 saturated carbocycles. The van der Waals surface area contributed by atoms with Gasteiger partial charge in [0.1, 0.15) is 18.3 Å². The van der Waals surface area contributed by atoms with Crippen molar-refractivity contribution in [2.75, 3.05) is 64.9 Å². The zero-order valence-corrected chi connectivity index (χ0v) is 27.4. The van der Waals surface area contributed by atoms with Crippen molar-refractivity contribution in [3.05, 3.63) is 83.9 Å². The number of rotatable bonds is 8. The lowest BCUT2D eigenvalue weighted by Gasteiger charge is -2.40. The van der Waals surface area contributed by atoms with Gasteiger partial charge in [-0.1, -0.05) is 42.5 Å². The van der Waals surface area contributed by atoms with Gasteiger partial charge in [-0.25, -0.2) is 4.99 Å². The van der Waals surface area contributed by atoms with Crippen molar-refractivity contribution in [2.24, 2.45) is 4.99 Å². The number of carbonyl (C=O) groups excluding carboxylic acids is 1. The van der Waals surface area contributed by atoms with Gasteiger partial charge >= 0.3 is 7.12 Å². The molecule has 1 amide bonds. The first kappa shape index (κ1) is 33.4. The van der Waals surface area contributed by atoms with Gasteiger partial charge < -0.3 is 49.3 Å². The summed E-state index contributed by atoms with van der Waals surface area (Å²) in [6.45, 7) is 3.20. The van der Waals surface area contributed by atoms with Crippen LogP contribution in [0.2, 0.25) is 0 Å². The van der Waals surface area contributed by atoms with Crippen LogP contribution < -0.4 is 10.4 Å². The van der Waals surface area contributed by atoms with Crippen molar-refractivity contribution in [1.29, 1.82) is 0 Å². The second-order valence-electron chi connectivity index (χ2n) is 12.9. The predicted molar refractivity (Wildman–Crippen MR) is 185 cm³/mol. The molecule has 7 rings (SSSR count). The minimum Gasteiger partial charge on any atom is -0.494 e. The highest BCUT2D eigenvalue weighted by Gasteiger charge is 2.60. The number of aromatic hydroxyl groups is 1. The molecule has 0 aliphatic carbocycles. The largest absolute Gasteiger partial charge is 0.496 e. The number of aliphatic hydroxyl groups is 3. The van der Waals surface area contributed by atoms with Gasteiger partial charge in [0.05, 0.1) is 36.7 Å². The zero-order valence-electron chi connectivity index (χ0n) is 27.4. The lowest BCUT2D eigenvalue weighted by molar-refractivity contribution is -0.287. The molecule has 3 fully saturated rings. The number of H-pyrrole nitrogens is 1. The number of nitrogens with one attached hydrogen (secondary N) is 1. The summed E-state index contributed by atoms with van der Waals surface area (Å²) in [7, 11) is 2.86. The van der Waals surface area contributed by atoms with Crippen molar-refractivity contribution >= 4 is 46.5 Å². The standard InChI is InChI=1S/C35H40BN5O8/c1-39-14-16-41(17-15-39)19-29(44)40(2)25-11-9-24(10-12-25)37-31(22-6-4-3-5-7-22)30-26-13-8-23(18-27(26)38-34(30)46)36-48-33-32(45)28(43)20-47-35(33,21-42)49-36/h3-13,18,28,32-33,38,42-43,45-46H,14-17,19-21H2,1-2H3/t28-,32-,33+,35+/m1/s1. The third-order valence-corrected chi connectivity index (χ3v) is 9.60. The second kappa shape index (κ2) is 13.7. The van der Waals surface area contributed by atoms with E-state index in [0.717, 1.165) is 37.4 Å². The third kappa shape index (κ3) is 6.49. The quantitative estimate of drug-likeness (QED) is 0.134. The number of nitrogens with zero attached hydrogens (tertiary/aromatic N) is 4. The van der Waals surface area contributed by atoms with E-state index in [1.807, 2.05) is 60.7 Å². The van der Waals surface area contributed by atoms with Gasteiger partial charge in [0.25, 0.3) is 0 Å². The van der Waals surface area contributed by atoms with Crippen LogP contribution in [0.15, 0.2) is 77.8 Å². The normalized spacial score (nSPS) is 25.1. The summed E-state index contributed by atoms with van der Waals surface area (Å²) in [6, 6.07) is 22.3. The molecule has 4 aromatic rings. The summed E-state index contributed by atoms with van der Waals surface area (Å²) >= 11 is 0. The molecule has 3 aliphatic rings. The Morgan fingerprint density at radius 2 is 1.80 bits per heavy atom. The molecule has 3 saturated heterocycles. The Kier molecular flexibility index (Phi) is 9.30. The Morgan fingerprint density at radius 1 is 1.06 bits per heavy atom. The number of ether oxygens (including phenoxy) is 1. The monoisotopic (exact) mass is 669 g/mol. The summed E-state index contributed by atoms with van der Waals surface area (Å²) in [5.41, 5.74) is 4.33. The van der Waals surface area contributed by atoms with Crippen LogP contribution in [-0.4, -0.2) is 138 Å². The highest BCUT2D eigenvalue weighted by Crippen LogP contribution is 2.37. The number of piperazine rings is 1. The molecule has 0 radical (unpaired) electrons. The Labute approximate surface area is 284 Å². The average Bonchev–Trinajstić information content (AvgIpc) is 3.68. The number of amides is 1. The number of aliphatic hydroxyl groups excluding tert-OH is 3. The van der Waals surface area contributed by atoms with Crippen LogP contribution >= 0.6 is 0 Å². The van der Waals surface area contributed by atoms with Gasteiger partial charge in [-0.3, -0.25) is 9.69 Å². The first-order chi connectivity index (χ1) is 23.7. The Balaban J connectivity index is 1.16. The van der Waals surface area contributed by atoms with Crippen LogP contribution in [0.25, 0.3) is 10.9 Å². The predicted octanol–water partition coefficient (Wildman–Crippen LogP) is 0.804. The van der Waals surface area contributed by atoms with Crippen molar-refractivity contribution in [1.82, 2.24) is 14.8 Å². The lowest BCUT2D eigenvalue weighted by Crippen LogP contribution is -2.61. The zero-order chi connectivity index (χ0) is 34.3. The smallest absolute Gasteiger partial charge is 0.494 e. The van der Waals surface area contributed by atoms with E-state index in [9.17, 15) is 25.2 Å². The maximum absolute atomic E-state index is 13.0. The number of carbonyl (C=O) groups is 1. The highest BCUT2D eigenvalue weighted by molar-refractivity contribution is 6.62. The number of aromatic amines is 1. The summed E-state index contributed by atoms with van der Waals surface area (Å²) in [6.07, 6.45) is -3.59. The molecule has 3 aromatic carbocycles. The Hall–Kier alpha value is -4.12. The molecule has 49 heavy (non-hydrogen) atoms. The minimum atomic E-state index is -1.61. The Morgan fingerprint density at radius 3 is 2.51 bits per heavy atom. The van der Waals surface area contributed by atoms with Crippen LogP contribution in [0.4, 0.5) is 11.4 Å². The lowest BCUT2D eigenvalue weighted by atomic mass is 9.79. The SMILES string of the molecule is CN1CCN(CC(=O)N(C)c2ccc(N=C(c3ccccc3)c3c(O)[nH]c4cc(B5O[C@H]6[C@H](O)[C@H](O)CO[C@@]6(CO)O5)ccc34)cc2)CC1. The molecule has 0 spiro atoms. The minimum absolute atomic E-state index is 0.0221. The number of aliphatic imine (C=N–C) groups is 1. The molecule has 14 heteroatoms.